The van der Waals surface area contributed by atoms with Crippen molar-refractivity contribution in [3.8, 4) is 6.07 Å². The number of benzene rings is 2. The maximum absolute atomic E-state index is 13.9. The average Bonchev–Trinajstić information content (AvgIpc) is 2.72. The van der Waals surface area contributed by atoms with E-state index in [1.165, 1.54) is 24.3 Å². The summed E-state index contributed by atoms with van der Waals surface area (Å²) in [6.07, 6.45) is 1.77. The predicted octanol–water partition coefficient (Wildman–Crippen LogP) is 3.79. The molecule has 0 aliphatic carbocycles. The van der Waals surface area contributed by atoms with Crippen molar-refractivity contribution < 1.29 is 8.78 Å². The van der Waals surface area contributed by atoms with Crippen molar-refractivity contribution in [1.82, 2.24) is 10.6 Å². The second-order valence-electron chi connectivity index (χ2n) is 6.73. The maximum atomic E-state index is 13.9. The Morgan fingerprint density at radius 1 is 1.21 bits per heavy atom. The molecular formula is C21H24F2IN5. The van der Waals surface area contributed by atoms with Gasteiger partial charge in [-0.25, -0.2) is 8.78 Å². The molecule has 0 bridgehead atoms. The number of nitrogens with one attached hydrogen (secondary N) is 2. The number of rotatable bonds is 4. The van der Waals surface area contributed by atoms with Crippen LogP contribution in [-0.2, 0) is 6.54 Å². The summed E-state index contributed by atoms with van der Waals surface area (Å²) in [4.78, 5) is 6.37. The van der Waals surface area contributed by atoms with E-state index in [2.05, 4.69) is 20.5 Å². The van der Waals surface area contributed by atoms with E-state index in [1.54, 1.807) is 19.2 Å². The highest BCUT2D eigenvalue weighted by atomic mass is 127. The van der Waals surface area contributed by atoms with Crippen LogP contribution < -0.4 is 15.5 Å². The van der Waals surface area contributed by atoms with Crippen molar-refractivity contribution in [1.29, 1.82) is 5.26 Å². The van der Waals surface area contributed by atoms with E-state index < -0.39 is 0 Å². The molecule has 0 radical (unpaired) electrons. The minimum atomic E-state index is -0.356. The first-order valence-electron chi connectivity index (χ1n) is 9.25. The zero-order chi connectivity index (χ0) is 19.9. The smallest absolute Gasteiger partial charge is 0.191 e. The standard InChI is InChI=1S/C21H23F2N5.HI/c1-25-21(26-14-16-11-15(13-24)5-6-20(16)23)27-18-7-9-28(10-8-18)19-4-2-3-17(22)12-19;/h2-6,11-12,18H,7-10,14H2,1H3,(H2,25,26,27);1H. The molecule has 0 unspecified atom stereocenters. The summed E-state index contributed by atoms with van der Waals surface area (Å²) in [6, 6.07) is 13.2. The highest BCUT2D eigenvalue weighted by Gasteiger charge is 2.20. The molecule has 1 heterocycles. The summed E-state index contributed by atoms with van der Waals surface area (Å²) >= 11 is 0. The Balaban J connectivity index is 0.00000300. The molecule has 1 aliphatic rings. The van der Waals surface area contributed by atoms with Crippen LogP contribution in [0, 0.1) is 23.0 Å². The zero-order valence-corrected chi connectivity index (χ0v) is 18.5. The molecule has 2 N–H and O–H groups in total. The minimum Gasteiger partial charge on any atom is -0.371 e. The van der Waals surface area contributed by atoms with E-state index in [0.29, 0.717) is 17.1 Å². The zero-order valence-electron chi connectivity index (χ0n) is 16.2. The normalized spacial score (nSPS) is 14.7. The van der Waals surface area contributed by atoms with Gasteiger partial charge in [-0.1, -0.05) is 6.07 Å². The number of hydrogen-bond acceptors (Lipinski definition) is 3. The van der Waals surface area contributed by atoms with Crippen LogP contribution in [0.2, 0.25) is 0 Å². The molecule has 5 nitrogen and oxygen atoms in total. The maximum Gasteiger partial charge on any atom is 0.191 e. The van der Waals surface area contributed by atoms with Crippen LogP contribution in [0.3, 0.4) is 0 Å². The Morgan fingerprint density at radius 3 is 2.62 bits per heavy atom. The van der Waals surface area contributed by atoms with Crippen molar-refractivity contribution in [2.24, 2.45) is 4.99 Å². The number of hydrogen-bond donors (Lipinski definition) is 2. The van der Waals surface area contributed by atoms with Crippen LogP contribution in [0.4, 0.5) is 14.5 Å². The Morgan fingerprint density at radius 2 is 1.97 bits per heavy atom. The Hall–Kier alpha value is -2.41. The van der Waals surface area contributed by atoms with Crippen LogP contribution in [-0.4, -0.2) is 32.1 Å². The van der Waals surface area contributed by atoms with Crippen molar-refractivity contribution in [3.05, 3.63) is 65.2 Å². The summed E-state index contributed by atoms with van der Waals surface area (Å²) in [6.45, 7) is 1.87. The molecule has 1 saturated heterocycles. The third-order valence-corrected chi connectivity index (χ3v) is 4.85. The number of nitrogens with zero attached hydrogens (tertiary/aromatic N) is 3. The van der Waals surface area contributed by atoms with Gasteiger partial charge < -0.3 is 15.5 Å². The third kappa shape index (κ3) is 6.29. The van der Waals surface area contributed by atoms with E-state index >= 15 is 0 Å². The Labute approximate surface area is 186 Å². The lowest BCUT2D eigenvalue weighted by Crippen LogP contribution is -2.48. The fourth-order valence-electron chi connectivity index (χ4n) is 3.30. The summed E-state index contributed by atoms with van der Waals surface area (Å²) < 4.78 is 27.3. The highest BCUT2D eigenvalue weighted by molar-refractivity contribution is 14.0. The molecule has 29 heavy (non-hydrogen) atoms. The Kier molecular flexibility index (Phi) is 8.64. The number of aliphatic imine (C=N–C) groups is 1. The average molecular weight is 511 g/mol. The summed E-state index contributed by atoms with van der Waals surface area (Å²) in [5.41, 5.74) is 1.74. The number of anilines is 1. The minimum absolute atomic E-state index is 0. The first-order valence-corrected chi connectivity index (χ1v) is 9.25. The Bertz CT molecular complexity index is 889. The highest BCUT2D eigenvalue weighted by Crippen LogP contribution is 2.20. The van der Waals surface area contributed by atoms with Gasteiger partial charge in [0.25, 0.3) is 0 Å². The van der Waals surface area contributed by atoms with E-state index in [9.17, 15) is 8.78 Å². The van der Waals surface area contributed by atoms with Crippen LogP contribution >= 0.6 is 24.0 Å². The van der Waals surface area contributed by atoms with Gasteiger partial charge >= 0.3 is 0 Å². The van der Waals surface area contributed by atoms with Gasteiger partial charge in [-0.2, -0.15) is 5.26 Å². The molecule has 0 saturated carbocycles. The monoisotopic (exact) mass is 511 g/mol. The molecule has 2 aromatic rings. The molecule has 1 fully saturated rings. The van der Waals surface area contributed by atoms with Crippen molar-refractivity contribution in [3.63, 3.8) is 0 Å². The van der Waals surface area contributed by atoms with Gasteiger partial charge in [0, 0.05) is 44.0 Å². The van der Waals surface area contributed by atoms with Gasteiger partial charge in [-0.3, -0.25) is 4.99 Å². The lowest BCUT2D eigenvalue weighted by Gasteiger charge is -2.34. The van der Waals surface area contributed by atoms with Gasteiger partial charge in [0.2, 0.25) is 0 Å². The molecule has 2 aromatic carbocycles. The largest absolute Gasteiger partial charge is 0.371 e. The topological polar surface area (TPSA) is 63.5 Å². The van der Waals surface area contributed by atoms with Crippen LogP contribution in [0.15, 0.2) is 47.5 Å². The number of piperidine rings is 1. The van der Waals surface area contributed by atoms with Crippen molar-refractivity contribution in [2.45, 2.75) is 25.4 Å². The van der Waals surface area contributed by atoms with Gasteiger partial charge in [0.05, 0.1) is 11.6 Å². The summed E-state index contributed by atoms with van der Waals surface area (Å²) in [5, 5.41) is 15.4. The third-order valence-electron chi connectivity index (χ3n) is 4.85. The first kappa shape index (κ1) is 22.9. The number of halogens is 3. The molecule has 0 spiro atoms. The fraction of sp³-hybridized carbons (Fsp3) is 0.333. The number of guanidine groups is 1. The molecule has 0 amide bonds. The van der Waals surface area contributed by atoms with Gasteiger partial charge in [0.1, 0.15) is 11.6 Å². The molecular weight excluding hydrogens is 487 g/mol. The molecule has 0 atom stereocenters. The predicted molar refractivity (Wildman–Crippen MR) is 121 cm³/mol. The lowest BCUT2D eigenvalue weighted by atomic mass is 10.0. The summed E-state index contributed by atoms with van der Waals surface area (Å²) in [5.74, 6) is 0.00590. The molecule has 154 valence electrons. The van der Waals surface area contributed by atoms with Crippen molar-refractivity contribution in [2.75, 3.05) is 25.0 Å². The second-order valence-corrected chi connectivity index (χ2v) is 6.73. The van der Waals surface area contributed by atoms with E-state index in [4.69, 9.17) is 5.26 Å². The number of nitriles is 1. The van der Waals surface area contributed by atoms with Crippen LogP contribution in [0.5, 0.6) is 0 Å². The molecule has 0 aromatic heterocycles. The van der Waals surface area contributed by atoms with Crippen LogP contribution in [0.25, 0.3) is 0 Å². The first-order chi connectivity index (χ1) is 13.6. The van der Waals surface area contributed by atoms with E-state index in [1.807, 2.05) is 12.1 Å². The van der Waals surface area contributed by atoms with E-state index in [-0.39, 0.29) is 48.2 Å². The second kappa shape index (κ2) is 11.0. The van der Waals surface area contributed by atoms with Crippen LogP contribution in [0.1, 0.15) is 24.0 Å². The SMILES string of the molecule is CN=C(NCc1cc(C#N)ccc1F)NC1CCN(c2cccc(F)c2)CC1.I. The van der Waals surface area contributed by atoms with Gasteiger partial charge in [-0.05, 0) is 49.2 Å². The molecule has 8 heteroatoms. The fourth-order valence-corrected chi connectivity index (χ4v) is 3.30. The summed E-state index contributed by atoms with van der Waals surface area (Å²) in [7, 11) is 1.67. The van der Waals surface area contributed by atoms with Crippen molar-refractivity contribution >= 4 is 35.6 Å². The quantitative estimate of drug-likeness (QED) is 0.373. The van der Waals surface area contributed by atoms with Gasteiger partial charge in [-0.15, -0.1) is 24.0 Å². The lowest BCUT2D eigenvalue weighted by molar-refractivity contribution is 0.460. The molecule has 3 rings (SSSR count). The van der Waals surface area contributed by atoms with Gasteiger partial charge in [0.15, 0.2) is 5.96 Å². The van der Waals surface area contributed by atoms with E-state index in [0.717, 1.165) is 31.6 Å². The molecule has 1 aliphatic heterocycles.